The summed E-state index contributed by atoms with van der Waals surface area (Å²) in [4.78, 5) is 27.5. The van der Waals surface area contributed by atoms with Crippen LogP contribution in [0, 0.1) is 13.8 Å². The van der Waals surface area contributed by atoms with Crippen LogP contribution < -0.4 is 4.74 Å². The highest BCUT2D eigenvalue weighted by Crippen LogP contribution is 2.32. The standard InChI is InChI=1S/C16H21N3O3S2/c1-7(2)22-15-18-19-16(24-15)23-11(6)14(21)13-8(3)12(10(5)20)9(4)17-13/h7,11,17H,1-6H3/t11-/m1/s1. The average molecular weight is 367 g/mol. The molecular formula is C16H21N3O3S2. The number of H-pyrrole nitrogens is 1. The summed E-state index contributed by atoms with van der Waals surface area (Å²) in [6.07, 6.45) is 0.0319. The molecule has 0 aliphatic rings. The Labute approximate surface area is 149 Å². The van der Waals surface area contributed by atoms with E-state index in [0.29, 0.717) is 26.4 Å². The van der Waals surface area contributed by atoms with Crippen LogP contribution in [-0.4, -0.2) is 38.1 Å². The van der Waals surface area contributed by atoms with Gasteiger partial charge in [0.1, 0.15) is 0 Å². The van der Waals surface area contributed by atoms with Crippen molar-refractivity contribution in [3.8, 4) is 5.19 Å². The summed E-state index contributed by atoms with van der Waals surface area (Å²) in [7, 11) is 0. The molecule has 1 atom stereocenters. The van der Waals surface area contributed by atoms with Gasteiger partial charge in [0.25, 0.3) is 5.19 Å². The first-order valence-electron chi connectivity index (χ1n) is 7.61. The molecule has 0 saturated carbocycles. The van der Waals surface area contributed by atoms with Crippen molar-refractivity contribution >= 4 is 34.7 Å². The van der Waals surface area contributed by atoms with Crippen molar-refractivity contribution in [1.82, 2.24) is 15.2 Å². The minimum absolute atomic E-state index is 0.0319. The lowest BCUT2D eigenvalue weighted by Crippen LogP contribution is -2.15. The molecule has 24 heavy (non-hydrogen) atoms. The van der Waals surface area contributed by atoms with Crippen molar-refractivity contribution in [3.63, 3.8) is 0 Å². The number of ketones is 2. The van der Waals surface area contributed by atoms with Crippen molar-refractivity contribution in [3.05, 3.63) is 22.5 Å². The number of nitrogens with one attached hydrogen (secondary N) is 1. The number of ether oxygens (including phenoxy) is 1. The maximum absolute atomic E-state index is 12.7. The SMILES string of the molecule is CC(=O)c1c(C)[nH]c(C(=O)[C@@H](C)Sc2nnc(OC(C)C)s2)c1C. The zero-order valence-electron chi connectivity index (χ0n) is 14.6. The quantitative estimate of drug-likeness (QED) is 0.591. The van der Waals surface area contributed by atoms with Crippen molar-refractivity contribution in [2.75, 3.05) is 0 Å². The maximum atomic E-state index is 12.7. The van der Waals surface area contributed by atoms with E-state index in [9.17, 15) is 9.59 Å². The molecule has 0 bridgehead atoms. The van der Waals surface area contributed by atoms with Crippen LogP contribution in [0.1, 0.15) is 59.8 Å². The number of aryl methyl sites for hydroxylation is 1. The first-order valence-corrected chi connectivity index (χ1v) is 9.31. The van der Waals surface area contributed by atoms with Gasteiger partial charge in [0, 0.05) is 11.3 Å². The summed E-state index contributed by atoms with van der Waals surface area (Å²) in [5, 5.41) is 8.16. The van der Waals surface area contributed by atoms with Gasteiger partial charge in [-0.05, 0) is 58.4 Å². The predicted octanol–water partition coefficient (Wildman–Crippen LogP) is 3.84. The fourth-order valence-corrected chi connectivity index (χ4v) is 4.43. The Morgan fingerprint density at radius 3 is 2.42 bits per heavy atom. The molecule has 0 aliphatic carbocycles. The predicted molar refractivity (Wildman–Crippen MR) is 95.6 cm³/mol. The molecule has 0 aliphatic heterocycles. The molecule has 8 heteroatoms. The van der Waals surface area contributed by atoms with Gasteiger partial charge in [-0.1, -0.05) is 16.9 Å². The van der Waals surface area contributed by atoms with E-state index in [1.54, 1.807) is 13.8 Å². The Bertz CT molecular complexity index is 765. The van der Waals surface area contributed by atoms with E-state index in [1.165, 1.54) is 30.0 Å². The smallest absolute Gasteiger partial charge is 0.295 e. The molecule has 2 heterocycles. The van der Waals surface area contributed by atoms with Crippen molar-refractivity contribution in [2.45, 2.75) is 57.2 Å². The molecule has 0 amide bonds. The highest BCUT2D eigenvalue weighted by Gasteiger charge is 2.25. The van der Waals surface area contributed by atoms with Crippen LogP contribution in [0.3, 0.4) is 0 Å². The Kier molecular flexibility index (Phi) is 5.82. The molecule has 6 nitrogen and oxygen atoms in total. The van der Waals surface area contributed by atoms with Gasteiger partial charge in [-0.3, -0.25) is 9.59 Å². The number of rotatable bonds is 7. The van der Waals surface area contributed by atoms with Crippen LogP contribution in [0.4, 0.5) is 0 Å². The minimum Gasteiger partial charge on any atom is -0.466 e. The summed E-state index contributed by atoms with van der Waals surface area (Å²) in [5.41, 5.74) is 2.52. The molecule has 0 radical (unpaired) electrons. The molecule has 130 valence electrons. The molecule has 0 unspecified atom stereocenters. The summed E-state index contributed by atoms with van der Waals surface area (Å²) in [6, 6.07) is 0. The zero-order valence-corrected chi connectivity index (χ0v) is 16.2. The third-order valence-electron chi connectivity index (χ3n) is 3.41. The molecular weight excluding hydrogens is 346 g/mol. The number of thioether (sulfide) groups is 1. The van der Waals surface area contributed by atoms with E-state index >= 15 is 0 Å². The van der Waals surface area contributed by atoms with Crippen molar-refractivity contribution < 1.29 is 14.3 Å². The second-order valence-corrected chi connectivity index (χ2v) is 8.33. The third-order valence-corrected chi connectivity index (χ3v) is 5.41. The average Bonchev–Trinajstić information content (AvgIpc) is 3.01. The summed E-state index contributed by atoms with van der Waals surface area (Å²) in [6.45, 7) is 10.8. The fourth-order valence-electron chi connectivity index (χ4n) is 2.43. The van der Waals surface area contributed by atoms with Gasteiger partial charge in [-0.15, -0.1) is 5.10 Å². The zero-order chi connectivity index (χ0) is 18.0. The molecule has 0 aromatic carbocycles. The molecule has 0 fully saturated rings. The number of aromatic nitrogens is 3. The van der Waals surface area contributed by atoms with Gasteiger partial charge in [-0.25, -0.2) is 0 Å². The van der Waals surface area contributed by atoms with E-state index in [4.69, 9.17) is 4.74 Å². The lowest BCUT2D eigenvalue weighted by Gasteiger charge is -2.07. The minimum atomic E-state index is -0.346. The second-order valence-electron chi connectivity index (χ2n) is 5.81. The largest absolute Gasteiger partial charge is 0.466 e. The number of aromatic amines is 1. The highest BCUT2D eigenvalue weighted by atomic mass is 32.2. The second kappa shape index (κ2) is 7.48. The van der Waals surface area contributed by atoms with Crippen LogP contribution >= 0.6 is 23.1 Å². The first-order chi connectivity index (χ1) is 11.2. The normalized spacial score (nSPS) is 12.5. The van der Waals surface area contributed by atoms with Crippen molar-refractivity contribution in [2.24, 2.45) is 0 Å². The first kappa shape index (κ1) is 18.7. The topological polar surface area (TPSA) is 84.9 Å². The number of carbonyl (C=O) groups excluding carboxylic acids is 2. The Morgan fingerprint density at radius 2 is 1.88 bits per heavy atom. The van der Waals surface area contributed by atoms with Gasteiger partial charge in [-0.2, -0.15) is 0 Å². The van der Waals surface area contributed by atoms with Gasteiger partial charge in [0.2, 0.25) is 0 Å². The molecule has 0 saturated heterocycles. The van der Waals surface area contributed by atoms with Crippen LogP contribution in [0.25, 0.3) is 0 Å². The third kappa shape index (κ3) is 4.05. The van der Waals surface area contributed by atoms with Gasteiger partial charge in [0.15, 0.2) is 15.9 Å². The molecule has 2 aromatic rings. The van der Waals surface area contributed by atoms with Crippen LogP contribution in [-0.2, 0) is 0 Å². The summed E-state index contributed by atoms with van der Waals surface area (Å²) < 4.78 is 6.17. The number of Topliss-reactive ketones (excluding diaryl/α,β-unsaturated/α-hetero) is 2. The lowest BCUT2D eigenvalue weighted by atomic mass is 10.0. The number of hydrogen-bond acceptors (Lipinski definition) is 7. The van der Waals surface area contributed by atoms with Gasteiger partial charge >= 0.3 is 0 Å². The van der Waals surface area contributed by atoms with Crippen LogP contribution in [0.15, 0.2) is 4.34 Å². The van der Waals surface area contributed by atoms with E-state index in [-0.39, 0.29) is 22.9 Å². The fraction of sp³-hybridized carbons (Fsp3) is 0.500. The van der Waals surface area contributed by atoms with Gasteiger partial charge < -0.3 is 9.72 Å². The van der Waals surface area contributed by atoms with Gasteiger partial charge in [0.05, 0.1) is 17.0 Å². The van der Waals surface area contributed by atoms with Crippen molar-refractivity contribution in [1.29, 1.82) is 0 Å². The van der Waals surface area contributed by atoms with E-state index in [1.807, 2.05) is 20.8 Å². The van der Waals surface area contributed by atoms with E-state index in [2.05, 4.69) is 15.2 Å². The Balaban J connectivity index is 2.14. The summed E-state index contributed by atoms with van der Waals surface area (Å²) in [5.74, 6) is -0.102. The van der Waals surface area contributed by atoms with Crippen LogP contribution in [0.2, 0.25) is 0 Å². The number of nitrogens with zero attached hydrogens (tertiary/aromatic N) is 2. The Morgan fingerprint density at radius 1 is 1.21 bits per heavy atom. The lowest BCUT2D eigenvalue weighted by molar-refractivity contribution is 0.0988. The van der Waals surface area contributed by atoms with E-state index < -0.39 is 0 Å². The summed E-state index contributed by atoms with van der Waals surface area (Å²) >= 11 is 2.66. The molecule has 1 N–H and O–H groups in total. The maximum Gasteiger partial charge on any atom is 0.295 e. The molecule has 2 aromatic heterocycles. The van der Waals surface area contributed by atoms with E-state index in [0.717, 1.165) is 5.69 Å². The molecule has 2 rings (SSSR count). The number of carbonyl (C=O) groups is 2. The van der Waals surface area contributed by atoms with Crippen LogP contribution in [0.5, 0.6) is 5.19 Å². The molecule has 0 spiro atoms. The Hall–Kier alpha value is -1.67. The monoisotopic (exact) mass is 367 g/mol. The number of hydrogen-bond donors (Lipinski definition) is 1. The highest BCUT2D eigenvalue weighted by molar-refractivity contribution is 8.02.